The number of aromatic nitrogens is 2. The quantitative estimate of drug-likeness (QED) is 0.877. The Hall–Kier alpha value is -2.14. The minimum Gasteiger partial charge on any atom is -0.332 e. The Bertz CT molecular complexity index is 801. The Morgan fingerprint density at radius 2 is 1.85 bits per heavy atom. The predicted octanol–water partition coefficient (Wildman–Crippen LogP) is 2.05. The molecule has 1 saturated heterocycles. The normalized spacial score (nSPS) is 15.6. The number of hydrogen-bond acceptors (Lipinski definition) is 2. The first kappa shape index (κ1) is 19.6. The molecule has 3 rings (SSSR count). The van der Waals surface area contributed by atoms with Crippen LogP contribution in [0.25, 0.3) is 5.69 Å². The number of benzene rings is 1. The summed E-state index contributed by atoms with van der Waals surface area (Å²) in [6.45, 7) is 15.6. The van der Waals surface area contributed by atoms with Crippen molar-refractivity contribution >= 4 is 5.91 Å². The summed E-state index contributed by atoms with van der Waals surface area (Å²) in [6.07, 6.45) is 0.820. The maximum absolute atomic E-state index is 13.4. The minimum absolute atomic E-state index is 0.151. The van der Waals surface area contributed by atoms with E-state index in [4.69, 9.17) is 5.10 Å². The fourth-order valence-electron chi connectivity index (χ4n) is 3.94. The molecule has 146 valence electrons. The van der Waals surface area contributed by atoms with Crippen LogP contribution in [-0.2, 0) is 6.42 Å². The second-order valence-electron chi connectivity index (χ2n) is 8.10. The molecular weight excluding hydrogens is 336 g/mol. The van der Waals surface area contributed by atoms with Gasteiger partial charge in [-0.15, -0.1) is 0 Å². The number of hydrogen-bond donors (Lipinski definition) is 1. The lowest BCUT2D eigenvalue weighted by Crippen LogP contribution is -3.14. The van der Waals surface area contributed by atoms with E-state index in [1.165, 1.54) is 5.56 Å². The number of rotatable bonds is 5. The van der Waals surface area contributed by atoms with Gasteiger partial charge in [-0.3, -0.25) is 4.79 Å². The van der Waals surface area contributed by atoms with E-state index in [0.29, 0.717) is 5.92 Å². The highest BCUT2D eigenvalue weighted by atomic mass is 16.2. The zero-order valence-electron chi connectivity index (χ0n) is 17.4. The predicted molar refractivity (Wildman–Crippen MR) is 109 cm³/mol. The largest absolute Gasteiger partial charge is 0.332 e. The van der Waals surface area contributed by atoms with Gasteiger partial charge >= 0.3 is 0 Å². The molecule has 1 N–H and O–H groups in total. The molecule has 0 aliphatic carbocycles. The van der Waals surface area contributed by atoms with Crippen LogP contribution in [0.15, 0.2) is 24.3 Å². The van der Waals surface area contributed by atoms with Crippen LogP contribution in [-0.4, -0.2) is 53.3 Å². The van der Waals surface area contributed by atoms with Gasteiger partial charge in [0.1, 0.15) is 0 Å². The smallest absolute Gasteiger partial charge is 0.258 e. The van der Waals surface area contributed by atoms with Gasteiger partial charge in [-0.25, -0.2) is 4.68 Å². The average Bonchev–Trinajstić information content (AvgIpc) is 2.96. The number of likely N-dealkylation sites (N-methyl/N-ethyl adjacent to an activating group) is 1. The number of amides is 1. The van der Waals surface area contributed by atoms with Crippen LogP contribution in [0.4, 0.5) is 0 Å². The number of quaternary nitrogens is 1. The lowest BCUT2D eigenvalue weighted by Gasteiger charge is -2.31. The van der Waals surface area contributed by atoms with Gasteiger partial charge in [0.25, 0.3) is 5.91 Å². The molecule has 1 aromatic heterocycles. The van der Waals surface area contributed by atoms with Crippen LogP contribution in [0.1, 0.15) is 48.1 Å². The lowest BCUT2D eigenvalue weighted by atomic mass is 10.0. The van der Waals surface area contributed by atoms with Gasteiger partial charge in [-0.05, 0) is 44.7 Å². The van der Waals surface area contributed by atoms with Crippen LogP contribution in [0.3, 0.4) is 0 Å². The Morgan fingerprint density at radius 1 is 1.19 bits per heavy atom. The summed E-state index contributed by atoms with van der Waals surface area (Å²) >= 11 is 0. The number of carbonyl (C=O) groups excluding carboxylic acids is 1. The summed E-state index contributed by atoms with van der Waals surface area (Å²) in [5.41, 5.74) is 4.92. The molecule has 27 heavy (non-hydrogen) atoms. The summed E-state index contributed by atoms with van der Waals surface area (Å²) in [6, 6.07) is 8.23. The number of piperazine rings is 1. The van der Waals surface area contributed by atoms with Crippen molar-refractivity contribution in [1.82, 2.24) is 14.7 Å². The summed E-state index contributed by atoms with van der Waals surface area (Å²) in [7, 11) is 0. The third kappa shape index (κ3) is 4.08. The molecule has 0 saturated carbocycles. The molecule has 5 nitrogen and oxygen atoms in total. The second kappa shape index (κ2) is 8.26. The van der Waals surface area contributed by atoms with Gasteiger partial charge < -0.3 is 9.80 Å². The number of nitrogens with zero attached hydrogens (tertiary/aromatic N) is 3. The van der Waals surface area contributed by atoms with E-state index >= 15 is 0 Å². The van der Waals surface area contributed by atoms with E-state index < -0.39 is 0 Å². The second-order valence-corrected chi connectivity index (χ2v) is 8.10. The summed E-state index contributed by atoms with van der Waals surface area (Å²) in [4.78, 5) is 17.0. The standard InChI is InChI=1S/C22H32N4O/c1-6-24-11-13-25(14-12-24)22(27)21-18(5)26(23-19(21)15-16(2)3)20-10-8-7-9-17(20)4/h7-10,16H,6,11-15H2,1-5H3/p+1. The van der Waals surface area contributed by atoms with Gasteiger partial charge in [0, 0.05) is 0 Å². The van der Waals surface area contributed by atoms with Crippen molar-refractivity contribution in [2.75, 3.05) is 32.7 Å². The van der Waals surface area contributed by atoms with E-state index in [2.05, 4.69) is 39.8 Å². The van der Waals surface area contributed by atoms with Crippen molar-refractivity contribution in [2.24, 2.45) is 5.92 Å². The molecule has 2 aromatic rings. The number of para-hydroxylation sites is 1. The van der Waals surface area contributed by atoms with Crippen LogP contribution < -0.4 is 4.90 Å². The van der Waals surface area contributed by atoms with Crippen molar-refractivity contribution in [3.63, 3.8) is 0 Å². The molecule has 1 aliphatic rings. The third-order valence-electron chi connectivity index (χ3n) is 5.61. The zero-order valence-corrected chi connectivity index (χ0v) is 17.4. The first-order chi connectivity index (χ1) is 12.9. The summed E-state index contributed by atoms with van der Waals surface area (Å²) in [5.74, 6) is 0.607. The highest BCUT2D eigenvalue weighted by Crippen LogP contribution is 2.24. The molecule has 0 spiro atoms. The van der Waals surface area contributed by atoms with Crippen LogP contribution in [0.5, 0.6) is 0 Å². The van der Waals surface area contributed by atoms with E-state index in [-0.39, 0.29) is 5.91 Å². The van der Waals surface area contributed by atoms with E-state index in [1.54, 1.807) is 4.90 Å². The van der Waals surface area contributed by atoms with Crippen LogP contribution in [0.2, 0.25) is 0 Å². The minimum atomic E-state index is 0.151. The van der Waals surface area contributed by atoms with Gasteiger partial charge in [0.05, 0.1) is 55.4 Å². The van der Waals surface area contributed by atoms with Crippen LogP contribution in [0, 0.1) is 19.8 Å². The number of aryl methyl sites for hydroxylation is 1. The monoisotopic (exact) mass is 369 g/mol. The fourth-order valence-corrected chi connectivity index (χ4v) is 3.94. The lowest BCUT2D eigenvalue weighted by molar-refractivity contribution is -0.902. The molecule has 1 aliphatic heterocycles. The first-order valence-electron chi connectivity index (χ1n) is 10.2. The maximum atomic E-state index is 13.4. The molecular formula is C22H33N4O+. The molecule has 0 bridgehead atoms. The average molecular weight is 370 g/mol. The zero-order chi connectivity index (χ0) is 19.6. The highest BCUT2D eigenvalue weighted by Gasteiger charge is 2.29. The molecule has 0 unspecified atom stereocenters. The molecule has 5 heteroatoms. The molecule has 0 atom stereocenters. The van der Waals surface area contributed by atoms with Gasteiger partial charge in [-0.2, -0.15) is 5.10 Å². The fraction of sp³-hybridized carbons (Fsp3) is 0.545. The SMILES string of the molecule is CC[NH+]1CCN(C(=O)c2c(CC(C)C)nn(-c3ccccc3C)c2C)CC1. The molecule has 2 heterocycles. The van der Waals surface area contributed by atoms with Crippen LogP contribution >= 0.6 is 0 Å². The molecule has 1 aromatic carbocycles. The Morgan fingerprint density at radius 3 is 2.44 bits per heavy atom. The molecule has 0 radical (unpaired) electrons. The van der Waals surface area contributed by atoms with Crippen molar-refractivity contribution < 1.29 is 9.69 Å². The van der Waals surface area contributed by atoms with E-state index in [0.717, 1.165) is 61.8 Å². The summed E-state index contributed by atoms with van der Waals surface area (Å²) < 4.78 is 1.97. The Kier molecular flexibility index (Phi) is 6.00. The van der Waals surface area contributed by atoms with Crippen molar-refractivity contribution in [2.45, 2.75) is 41.0 Å². The third-order valence-corrected chi connectivity index (χ3v) is 5.61. The van der Waals surface area contributed by atoms with E-state index in [1.807, 2.05) is 28.6 Å². The number of carbonyl (C=O) groups is 1. The summed E-state index contributed by atoms with van der Waals surface area (Å²) in [5, 5.41) is 4.89. The first-order valence-corrected chi connectivity index (χ1v) is 10.2. The van der Waals surface area contributed by atoms with E-state index in [9.17, 15) is 4.79 Å². The van der Waals surface area contributed by atoms with Crippen molar-refractivity contribution in [3.05, 3.63) is 46.8 Å². The molecule has 1 amide bonds. The number of nitrogens with one attached hydrogen (secondary N) is 1. The molecule has 1 fully saturated rings. The Labute approximate surface area is 163 Å². The highest BCUT2D eigenvalue weighted by molar-refractivity contribution is 5.96. The van der Waals surface area contributed by atoms with Gasteiger partial charge in [-0.1, -0.05) is 32.0 Å². The topological polar surface area (TPSA) is 42.6 Å². The van der Waals surface area contributed by atoms with Gasteiger partial charge in [0.2, 0.25) is 0 Å². The van der Waals surface area contributed by atoms with Gasteiger partial charge in [0.15, 0.2) is 0 Å². The Balaban J connectivity index is 1.98. The maximum Gasteiger partial charge on any atom is 0.258 e. The van der Waals surface area contributed by atoms with Crippen molar-refractivity contribution in [3.8, 4) is 5.69 Å². The van der Waals surface area contributed by atoms with Crippen molar-refractivity contribution in [1.29, 1.82) is 0 Å².